The van der Waals surface area contributed by atoms with Crippen LogP contribution in [0.2, 0.25) is 0 Å². The van der Waals surface area contributed by atoms with E-state index in [1.807, 2.05) is 35.0 Å². The van der Waals surface area contributed by atoms with Gasteiger partial charge in [-0.3, -0.25) is 9.48 Å². The van der Waals surface area contributed by atoms with E-state index in [0.29, 0.717) is 12.5 Å². The number of nitrogens with zero attached hydrogens (tertiary/aromatic N) is 2. The van der Waals surface area contributed by atoms with Crippen LogP contribution in [0.5, 0.6) is 0 Å². The third kappa shape index (κ3) is 2.91. The quantitative estimate of drug-likeness (QED) is 0.642. The molecule has 0 unspecified atom stereocenters. The summed E-state index contributed by atoms with van der Waals surface area (Å²) >= 11 is 0. The van der Waals surface area contributed by atoms with E-state index in [-0.39, 0.29) is 17.2 Å². The highest BCUT2D eigenvalue weighted by Crippen LogP contribution is 2.48. The van der Waals surface area contributed by atoms with Crippen LogP contribution in [0, 0.1) is 11.6 Å². The second kappa shape index (κ2) is 6.19. The first kappa shape index (κ1) is 16.5. The fraction of sp³-hybridized carbons (Fsp3) is 0.318. The van der Waals surface area contributed by atoms with E-state index < -0.39 is 11.6 Å². The van der Waals surface area contributed by atoms with Crippen LogP contribution in [0.25, 0.3) is 5.69 Å². The van der Waals surface area contributed by atoms with E-state index in [0.717, 1.165) is 48.6 Å². The minimum atomic E-state index is -0.714. The number of hydrogen-bond acceptors (Lipinski definition) is 1. The van der Waals surface area contributed by atoms with Crippen molar-refractivity contribution in [1.29, 1.82) is 0 Å². The maximum Gasteiger partial charge on any atom is 0.275 e. The third-order valence-corrected chi connectivity index (χ3v) is 5.48. The van der Waals surface area contributed by atoms with Crippen LogP contribution in [-0.4, -0.2) is 9.36 Å². The van der Waals surface area contributed by atoms with Gasteiger partial charge in [0.15, 0.2) is 5.82 Å². The number of aromatic nitrogens is 2. The second-order valence-corrected chi connectivity index (χ2v) is 7.60. The summed E-state index contributed by atoms with van der Waals surface area (Å²) in [5, 5.41) is 0. The topological polar surface area (TPSA) is 26.9 Å². The van der Waals surface area contributed by atoms with Crippen molar-refractivity contribution in [3.8, 4) is 5.69 Å². The Bertz CT molecular complexity index is 1060. The molecule has 0 spiro atoms. The number of rotatable bonds is 5. The summed E-state index contributed by atoms with van der Waals surface area (Å²) in [6.07, 6.45) is 4.14. The molecule has 0 amide bonds. The Morgan fingerprint density at radius 1 is 0.926 bits per heavy atom. The zero-order valence-corrected chi connectivity index (χ0v) is 14.9. The van der Waals surface area contributed by atoms with Gasteiger partial charge in [-0.05, 0) is 49.3 Å². The molecule has 5 heteroatoms. The van der Waals surface area contributed by atoms with Gasteiger partial charge in [-0.25, -0.2) is 13.5 Å². The molecular weight excluding hydrogens is 346 g/mol. The average molecular weight is 366 g/mol. The molecule has 27 heavy (non-hydrogen) atoms. The highest BCUT2D eigenvalue weighted by Gasteiger charge is 2.40. The maximum absolute atomic E-state index is 14.6. The van der Waals surface area contributed by atoms with Crippen LogP contribution in [0.15, 0.2) is 53.3 Å². The van der Waals surface area contributed by atoms with Crippen molar-refractivity contribution in [2.24, 2.45) is 0 Å². The molecule has 0 atom stereocenters. The molecule has 2 saturated carbocycles. The molecule has 0 saturated heterocycles. The van der Waals surface area contributed by atoms with Crippen molar-refractivity contribution in [2.45, 2.75) is 44.1 Å². The Kier molecular flexibility index (Phi) is 3.78. The van der Waals surface area contributed by atoms with Crippen LogP contribution >= 0.6 is 0 Å². The van der Waals surface area contributed by atoms with Crippen molar-refractivity contribution in [3.05, 3.63) is 87.3 Å². The number of halogens is 2. The summed E-state index contributed by atoms with van der Waals surface area (Å²) in [7, 11) is 0. The molecule has 2 aliphatic carbocycles. The average Bonchev–Trinajstić information content (AvgIpc) is 3.56. The predicted octanol–water partition coefficient (Wildman–Crippen LogP) is 4.72. The molecule has 2 aliphatic rings. The third-order valence-electron chi connectivity index (χ3n) is 5.48. The predicted molar refractivity (Wildman–Crippen MR) is 99.4 cm³/mol. The van der Waals surface area contributed by atoms with Crippen molar-refractivity contribution in [1.82, 2.24) is 9.36 Å². The van der Waals surface area contributed by atoms with Gasteiger partial charge in [0.25, 0.3) is 5.56 Å². The fourth-order valence-electron chi connectivity index (χ4n) is 3.93. The van der Waals surface area contributed by atoms with Gasteiger partial charge in [-0.15, -0.1) is 0 Å². The monoisotopic (exact) mass is 366 g/mol. The SMILES string of the molecule is O=c1c(C2CC2)c(C2CC2)n(Cc2ccccc2)n1-c1ccc(F)cc1F. The van der Waals surface area contributed by atoms with Gasteiger partial charge in [-0.1, -0.05) is 30.3 Å². The molecule has 3 aromatic rings. The van der Waals surface area contributed by atoms with Crippen LogP contribution in [0.3, 0.4) is 0 Å². The zero-order valence-electron chi connectivity index (χ0n) is 14.9. The second-order valence-electron chi connectivity index (χ2n) is 7.60. The first-order valence-electron chi connectivity index (χ1n) is 9.48. The van der Waals surface area contributed by atoms with Crippen LogP contribution in [-0.2, 0) is 6.54 Å². The summed E-state index contributed by atoms with van der Waals surface area (Å²) < 4.78 is 31.4. The summed E-state index contributed by atoms with van der Waals surface area (Å²) in [6, 6.07) is 13.3. The minimum absolute atomic E-state index is 0.117. The van der Waals surface area contributed by atoms with E-state index in [1.165, 1.54) is 16.8 Å². The molecule has 2 aromatic carbocycles. The van der Waals surface area contributed by atoms with Gasteiger partial charge in [0.1, 0.15) is 11.5 Å². The standard InChI is InChI=1S/C22H20F2N2O/c23-17-10-11-19(18(24)12-17)26-22(27)20(15-6-7-15)21(16-8-9-16)25(26)13-14-4-2-1-3-5-14/h1-5,10-12,15-16H,6-9,13H2. The van der Waals surface area contributed by atoms with E-state index in [1.54, 1.807) is 0 Å². The van der Waals surface area contributed by atoms with E-state index >= 15 is 0 Å². The Morgan fingerprint density at radius 3 is 2.26 bits per heavy atom. The minimum Gasteiger partial charge on any atom is -0.277 e. The summed E-state index contributed by atoms with van der Waals surface area (Å²) in [4.78, 5) is 13.3. The van der Waals surface area contributed by atoms with Gasteiger partial charge >= 0.3 is 0 Å². The molecule has 2 fully saturated rings. The van der Waals surface area contributed by atoms with Gasteiger partial charge in [0, 0.05) is 23.2 Å². The van der Waals surface area contributed by atoms with Crippen molar-refractivity contribution in [2.75, 3.05) is 0 Å². The molecule has 0 N–H and O–H groups in total. The largest absolute Gasteiger partial charge is 0.277 e. The zero-order chi connectivity index (χ0) is 18.5. The van der Waals surface area contributed by atoms with E-state index in [4.69, 9.17) is 0 Å². The Labute approximate surface area is 155 Å². The first-order chi connectivity index (χ1) is 13.1. The molecule has 0 radical (unpaired) electrons. The molecule has 1 heterocycles. The Morgan fingerprint density at radius 2 is 1.63 bits per heavy atom. The lowest BCUT2D eigenvalue weighted by Crippen LogP contribution is -2.24. The maximum atomic E-state index is 14.6. The lowest BCUT2D eigenvalue weighted by molar-refractivity contribution is 0.527. The van der Waals surface area contributed by atoms with Crippen LogP contribution < -0.4 is 5.56 Å². The lowest BCUT2D eigenvalue weighted by atomic mass is 10.1. The fourth-order valence-corrected chi connectivity index (χ4v) is 3.93. The lowest BCUT2D eigenvalue weighted by Gasteiger charge is -2.16. The molecule has 138 valence electrons. The van der Waals surface area contributed by atoms with E-state index in [9.17, 15) is 13.6 Å². The highest BCUT2D eigenvalue weighted by atomic mass is 19.1. The molecule has 1 aromatic heterocycles. The molecule has 5 rings (SSSR count). The number of benzene rings is 2. The summed E-state index contributed by atoms with van der Waals surface area (Å²) in [5.41, 5.74) is 2.91. The van der Waals surface area contributed by atoms with Crippen molar-refractivity contribution < 1.29 is 8.78 Å². The Balaban J connectivity index is 1.75. The summed E-state index contributed by atoms with van der Waals surface area (Å²) in [6.45, 7) is 0.492. The summed E-state index contributed by atoms with van der Waals surface area (Å²) in [5.74, 6) is -0.717. The normalized spacial score (nSPS) is 16.7. The first-order valence-corrected chi connectivity index (χ1v) is 9.48. The Hall–Kier alpha value is -2.69. The molecular formula is C22H20F2N2O. The van der Waals surface area contributed by atoms with Gasteiger partial charge in [-0.2, -0.15) is 0 Å². The molecule has 3 nitrogen and oxygen atoms in total. The molecule has 0 bridgehead atoms. The van der Waals surface area contributed by atoms with Gasteiger partial charge < -0.3 is 0 Å². The van der Waals surface area contributed by atoms with Gasteiger partial charge in [0.05, 0.1) is 6.54 Å². The highest BCUT2D eigenvalue weighted by molar-refractivity contribution is 5.40. The van der Waals surface area contributed by atoms with Gasteiger partial charge in [0.2, 0.25) is 0 Å². The van der Waals surface area contributed by atoms with Crippen LogP contribution in [0.4, 0.5) is 8.78 Å². The smallest absolute Gasteiger partial charge is 0.275 e. The van der Waals surface area contributed by atoms with Crippen molar-refractivity contribution in [3.63, 3.8) is 0 Å². The molecule has 0 aliphatic heterocycles. The number of hydrogen-bond donors (Lipinski definition) is 0. The van der Waals surface area contributed by atoms with E-state index in [2.05, 4.69) is 0 Å². The van der Waals surface area contributed by atoms with Crippen LogP contribution in [0.1, 0.15) is 54.3 Å². The van der Waals surface area contributed by atoms with Crippen molar-refractivity contribution >= 4 is 0 Å².